The van der Waals surface area contributed by atoms with Gasteiger partial charge in [-0.15, -0.1) is 0 Å². The molecule has 5 heteroatoms. The van der Waals surface area contributed by atoms with Crippen LogP contribution in [0.2, 0.25) is 16.6 Å². The van der Waals surface area contributed by atoms with Gasteiger partial charge >= 0.3 is 0 Å². The zero-order valence-electron chi connectivity index (χ0n) is 19.4. The second-order valence-corrected chi connectivity index (χ2v) is 15.4. The lowest BCUT2D eigenvalue weighted by Gasteiger charge is -2.59. The summed E-state index contributed by atoms with van der Waals surface area (Å²) < 4.78 is 13.2. The van der Waals surface area contributed by atoms with Gasteiger partial charge in [0.1, 0.15) is 11.2 Å². The smallest absolute Gasteiger partial charge is 0.200 e. The van der Waals surface area contributed by atoms with E-state index in [1.807, 2.05) is 13.0 Å². The normalized spacial score (nSPS) is 35.8. The van der Waals surface area contributed by atoms with Gasteiger partial charge in [0.2, 0.25) is 8.32 Å². The molecule has 28 heavy (non-hydrogen) atoms. The van der Waals surface area contributed by atoms with Gasteiger partial charge in [-0.2, -0.15) is 0 Å². The number of allylic oxidation sites excluding steroid dienone is 1. The highest BCUT2D eigenvalue weighted by Crippen LogP contribution is 2.56. The molecule has 0 aromatic rings. The highest BCUT2D eigenvalue weighted by molar-refractivity contribution is 6.77. The predicted octanol–water partition coefficient (Wildman–Crippen LogP) is 5.20. The number of aliphatic hydroxyl groups excluding tert-OH is 1. The van der Waals surface area contributed by atoms with Crippen molar-refractivity contribution in [3.63, 3.8) is 0 Å². The first-order valence-corrected chi connectivity index (χ1v) is 13.4. The van der Waals surface area contributed by atoms with Crippen molar-refractivity contribution in [1.82, 2.24) is 0 Å². The van der Waals surface area contributed by atoms with Crippen molar-refractivity contribution < 1.29 is 19.4 Å². The Morgan fingerprint density at radius 3 is 2.14 bits per heavy atom. The lowest BCUT2D eigenvalue weighted by Crippen LogP contribution is -2.68. The minimum atomic E-state index is -2.04. The summed E-state index contributed by atoms with van der Waals surface area (Å²) in [6.07, 6.45) is 6.14. The average Bonchev–Trinajstić information content (AvgIpc) is 2.64. The van der Waals surface area contributed by atoms with E-state index in [0.717, 1.165) is 24.8 Å². The van der Waals surface area contributed by atoms with E-state index in [0.29, 0.717) is 29.5 Å². The molecule has 2 aliphatic rings. The molecule has 0 unspecified atom stereocenters. The van der Waals surface area contributed by atoms with Crippen molar-refractivity contribution in [1.29, 1.82) is 0 Å². The monoisotopic (exact) mass is 412 g/mol. The van der Waals surface area contributed by atoms with Gasteiger partial charge in [-0.05, 0) is 54.8 Å². The minimum absolute atomic E-state index is 0.0208. The molecule has 0 radical (unpaired) electrons. The molecule has 2 saturated carbocycles. The third-order valence-electron chi connectivity index (χ3n) is 7.94. The largest absolute Gasteiger partial charge is 0.413 e. The molecular formula is C23H44O4Si. The summed E-state index contributed by atoms with van der Waals surface area (Å²) in [5, 5.41) is 22.2. The number of hydrogen-bond acceptors (Lipinski definition) is 4. The van der Waals surface area contributed by atoms with E-state index >= 15 is 0 Å². The van der Waals surface area contributed by atoms with Crippen LogP contribution in [0.4, 0.5) is 0 Å². The van der Waals surface area contributed by atoms with Crippen molar-refractivity contribution >= 4 is 8.32 Å². The zero-order chi connectivity index (χ0) is 21.3. The van der Waals surface area contributed by atoms with Crippen LogP contribution in [0, 0.1) is 5.92 Å². The van der Waals surface area contributed by atoms with Crippen molar-refractivity contribution in [3.05, 3.63) is 11.6 Å². The molecule has 0 aliphatic heterocycles. The van der Waals surface area contributed by atoms with Crippen LogP contribution in [0.15, 0.2) is 11.6 Å². The minimum Gasteiger partial charge on any atom is -0.413 e. The Morgan fingerprint density at radius 2 is 1.71 bits per heavy atom. The lowest BCUT2D eigenvalue weighted by molar-refractivity contribution is -0.232. The number of rotatable bonds is 7. The van der Waals surface area contributed by atoms with Gasteiger partial charge in [0.05, 0.1) is 0 Å². The Labute approximate surface area is 173 Å². The highest BCUT2D eigenvalue weighted by Gasteiger charge is 2.63. The van der Waals surface area contributed by atoms with Gasteiger partial charge in [0.15, 0.2) is 0 Å². The lowest BCUT2D eigenvalue weighted by atomic mass is 9.56. The maximum absolute atomic E-state index is 11.9. The molecule has 0 amide bonds. The molecular weight excluding hydrogens is 368 g/mol. The number of fused-ring (bicyclic) bond motifs is 1. The molecule has 4 nitrogen and oxygen atoms in total. The fourth-order valence-electron chi connectivity index (χ4n) is 6.77. The molecule has 0 aromatic carbocycles. The van der Waals surface area contributed by atoms with Crippen molar-refractivity contribution in [2.75, 3.05) is 13.7 Å². The van der Waals surface area contributed by atoms with Gasteiger partial charge in [-0.25, -0.2) is 0 Å². The van der Waals surface area contributed by atoms with Crippen LogP contribution < -0.4 is 0 Å². The summed E-state index contributed by atoms with van der Waals surface area (Å²) in [4.78, 5) is 0. The Morgan fingerprint density at radius 1 is 1.14 bits per heavy atom. The van der Waals surface area contributed by atoms with Gasteiger partial charge < -0.3 is 19.4 Å². The Bertz CT molecular complexity index is 537. The van der Waals surface area contributed by atoms with E-state index < -0.39 is 19.5 Å². The maximum Gasteiger partial charge on any atom is 0.200 e. The maximum atomic E-state index is 11.9. The first-order chi connectivity index (χ1) is 13.1. The second kappa shape index (κ2) is 8.89. The number of aliphatic hydroxyl groups is 2. The standard InChI is InChI=1S/C23H44O4Si/c1-9-19-11-10-12-22(26-8)14-21(13-20(15-24)23(19,22)25)27-28(16(2)3,17(4)5)18(6)7/h9,16-18,20-21,24-25H,10-15H2,1-8H3/b19-9+/t20-,21-,22+,23+/m0/s1. The van der Waals surface area contributed by atoms with Gasteiger partial charge in [-0.3, -0.25) is 0 Å². The third kappa shape index (κ3) is 3.56. The van der Waals surface area contributed by atoms with Crippen molar-refractivity contribution in [2.45, 2.75) is 114 Å². The fraction of sp³-hybridized carbons (Fsp3) is 0.913. The summed E-state index contributed by atoms with van der Waals surface area (Å²) in [5.41, 5.74) is 0.791. The second-order valence-electron chi connectivity index (χ2n) is 10.0. The van der Waals surface area contributed by atoms with Crippen LogP contribution in [0.1, 0.15) is 80.6 Å². The molecule has 0 saturated heterocycles. The molecule has 2 aliphatic carbocycles. The quantitative estimate of drug-likeness (QED) is 0.446. The first kappa shape index (κ1) is 24.1. The third-order valence-corrected chi connectivity index (χ3v) is 14.1. The molecule has 2 fully saturated rings. The summed E-state index contributed by atoms with van der Waals surface area (Å²) in [7, 11) is -0.322. The first-order valence-electron chi connectivity index (χ1n) is 11.3. The zero-order valence-corrected chi connectivity index (χ0v) is 20.4. The van der Waals surface area contributed by atoms with Crippen LogP contribution in [0.25, 0.3) is 0 Å². The van der Waals surface area contributed by atoms with Crippen molar-refractivity contribution in [3.8, 4) is 0 Å². The summed E-state index contributed by atoms with van der Waals surface area (Å²) in [6.45, 7) is 15.8. The van der Waals surface area contributed by atoms with E-state index in [1.54, 1.807) is 7.11 Å². The highest BCUT2D eigenvalue weighted by atomic mass is 28.4. The van der Waals surface area contributed by atoms with Gasteiger partial charge in [0, 0.05) is 32.2 Å². The molecule has 0 spiro atoms. The van der Waals surface area contributed by atoms with E-state index in [1.165, 1.54) is 0 Å². The predicted molar refractivity (Wildman–Crippen MR) is 118 cm³/mol. The molecule has 0 aromatic heterocycles. The van der Waals surface area contributed by atoms with E-state index in [2.05, 4.69) is 41.5 Å². The van der Waals surface area contributed by atoms with Crippen LogP contribution in [0.3, 0.4) is 0 Å². The van der Waals surface area contributed by atoms with Crippen LogP contribution in [0.5, 0.6) is 0 Å². The molecule has 4 atom stereocenters. The van der Waals surface area contributed by atoms with Crippen molar-refractivity contribution in [2.24, 2.45) is 5.92 Å². The van der Waals surface area contributed by atoms with Crippen LogP contribution >= 0.6 is 0 Å². The van der Waals surface area contributed by atoms with Gasteiger partial charge in [0.25, 0.3) is 0 Å². The number of hydrogen-bond donors (Lipinski definition) is 2. The Kier molecular flexibility index (Phi) is 7.64. The molecule has 0 bridgehead atoms. The topological polar surface area (TPSA) is 58.9 Å². The summed E-state index contributed by atoms with van der Waals surface area (Å²) >= 11 is 0. The number of ether oxygens (including phenoxy) is 1. The Balaban J connectivity index is 2.46. The van der Waals surface area contributed by atoms with E-state index in [4.69, 9.17) is 9.16 Å². The molecule has 2 N–H and O–H groups in total. The van der Waals surface area contributed by atoms with Gasteiger partial charge in [-0.1, -0.05) is 47.6 Å². The fourth-order valence-corrected chi connectivity index (χ4v) is 12.3. The summed E-state index contributed by atoms with van der Waals surface area (Å²) in [6, 6.07) is 0. The summed E-state index contributed by atoms with van der Waals surface area (Å²) in [5.74, 6) is -0.254. The van der Waals surface area contributed by atoms with E-state index in [-0.39, 0.29) is 18.6 Å². The van der Waals surface area contributed by atoms with Crippen LogP contribution in [-0.4, -0.2) is 49.6 Å². The molecule has 2 rings (SSSR count). The van der Waals surface area contributed by atoms with Crippen LogP contribution in [-0.2, 0) is 9.16 Å². The SMILES string of the molecule is C/C=C1\CCC[C@@]2(OC)C[C@@H](O[Si](C(C)C)(C(C)C)C(C)C)C[C@@H](CO)[C@]12O. The van der Waals surface area contributed by atoms with E-state index in [9.17, 15) is 10.2 Å². The Hall–Kier alpha value is -0.203. The average molecular weight is 413 g/mol. The molecule has 0 heterocycles. The molecule has 164 valence electrons. The number of methoxy groups -OCH3 is 1.